The summed E-state index contributed by atoms with van der Waals surface area (Å²) in [5, 5.41) is 12.0. The fourth-order valence-electron chi connectivity index (χ4n) is 1.39. The zero-order chi connectivity index (χ0) is 12.1. The van der Waals surface area contributed by atoms with E-state index in [0.29, 0.717) is 5.69 Å². The van der Waals surface area contributed by atoms with Crippen LogP contribution in [0.2, 0.25) is 0 Å². The fourth-order valence-corrected chi connectivity index (χ4v) is 1.39. The summed E-state index contributed by atoms with van der Waals surface area (Å²) in [6.07, 6.45) is -0.671. The number of amides is 1. The van der Waals surface area contributed by atoms with E-state index in [-0.39, 0.29) is 19.1 Å². The number of ether oxygens (including phenoxy) is 1. The molecule has 16 heavy (non-hydrogen) atoms. The van der Waals surface area contributed by atoms with E-state index in [4.69, 9.17) is 4.74 Å². The predicted molar refractivity (Wildman–Crippen MR) is 60.4 cm³/mol. The molecular weight excluding hydrogens is 208 g/mol. The number of hydrogen-bond acceptors (Lipinski definition) is 3. The van der Waals surface area contributed by atoms with E-state index in [1.165, 1.54) is 7.11 Å². The molecule has 1 rings (SSSR count). The van der Waals surface area contributed by atoms with Crippen LogP contribution in [-0.4, -0.2) is 41.9 Å². The Bertz CT molecular complexity index is 360. The summed E-state index contributed by atoms with van der Waals surface area (Å²) < 4.78 is 6.57. The summed E-state index contributed by atoms with van der Waals surface area (Å²) in [4.78, 5) is 11.7. The molecule has 1 heterocycles. The summed E-state index contributed by atoms with van der Waals surface area (Å²) in [7, 11) is 3.33. The monoisotopic (exact) mass is 226 g/mol. The smallest absolute Gasteiger partial charge is 0.267 e. The van der Waals surface area contributed by atoms with Crippen molar-refractivity contribution in [1.82, 2.24) is 9.88 Å². The summed E-state index contributed by atoms with van der Waals surface area (Å²) in [5.41, 5.74) is 1.60. The van der Waals surface area contributed by atoms with Crippen LogP contribution in [0.15, 0.2) is 12.1 Å². The van der Waals surface area contributed by atoms with Gasteiger partial charge in [-0.3, -0.25) is 4.79 Å². The van der Waals surface area contributed by atoms with Gasteiger partial charge in [0.05, 0.1) is 12.7 Å². The number of nitrogens with zero attached hydrogens (tertiary/aromatic N) is 1. The van der Waals surface area contributed by atoms with Crippen molar-refractivity contribution in [1.29, 1.82) is 0 Å². The largest absolute Gasteiger partial charge is 0.389 e. The van der Waals surface area contributed by atoms with Gasteiger partial charge in [0.2, 0.25) is 0 Å². The zero-order valence-corrected chi connectivity index (χ0v) is 9.86. The average molecular weight is 226 g/mol. The Balaban J connectivity index is 2.50. The van der Waals surface area contributed by atoms with Gasteiger partial charge in [-0.1, -0.05) is 0 Å². The van der Waals surface area contributed by atoms with Crippen molar-refractivity contribution in [3.63, 3.8) is 0 Å². The number of aryl methyl sites for hydroxylation is 1. The van der Waals surface area contributed by atoms with Gasteiger partial charge < -0.3 is 19.7 Å². The highest BCUT2D eigenvalue weighted by Crippen LogP contribution is 2.05. The Morgan fingerprint density at radius 2 is 2.31 bits per heavy atom. The molecule has 1 aromatic heterocycles. The molecule has 2 N–H and O–H groups in total. The number of aliphatic hydroxyl groups is 1. The van der Waals surface area contributed by atoms with E-state index in [1.807, 2.05) is 20.0 Å². The third kappa shape index (κ3) is 3.08. The molecule has 0 aromatic carbocycles. The van der Waals surface area contributed by atoms with Crippen molar-refractivity contribution in [2.24, 2.45) is 7.05 Å². The van der Waals surface area contributed by atoms with Gasteiger partial charge in [0, 0.05) is 26.4 Å². The van der Waals surface area contributed by atoms with Crippen LogP contribution in [0.1, 0.15) is 16.2 Å². The molecule has 0 spiro atoms. The second-order valence-corrected chi connectivity index (χ2v) is 3.74. The van der Waals surface area contributed by atoms with Crippen molar-refractivity contribution in [2.75, 3.05) is 20.3 Å². The summed E-state index contributed by atoms with van der Waals surface area (Å²) in [6.45, 7) is 2.33. The highest BCUT2D eigenvalue weighted by Gasteiger charge is 2.12. The molecule has 5 heteroatoms. The van der Waals surface area contributed by atoms with Crippen molar-refractivity contribution < 1.29 is 14.6 Å². The van der Waals surface area contributed by atoms with Crippen LogP contribution in [0.5, 0.6) is 0 Å². The first-order valence-electron chi connectivity index (χ1n) is 5.13. The quantitative estimate of drug-likeness (QED) is 0.747. The fraction of sp³-hybridized carbons (Fsp3) is 0.545. The van der Waals surface area contributed by atoms with E-state index in [1.54, 1.807) is 10.6 Å². The number of rotatable bonds is 5. The first-order chi connectivity index (χ1) is 7.56. The van der Waals surface area contributed by atoms with Gasteiger partial charge in [-0.05, 0) is 19.1 Å². The van der Waals surface area contributed by atoms with Crippen LogP contribution in [0.4, 0.5) is 0 Å². The van der Waals surface area contributed by atoms with E-state index in [0.717, 1.165) is 5.69 Å². The minimum atomic E-state index is -0.671. The zero-order valence-electron chi connectivity index (χ0n) is 9.86. The molecule has 0 saturated carbocycles. The van der Waals surface area contributed by atoms with Gasteiger partial charge >= 0.3 is 0 Å². The van der Waals surface area contributed by atoms with Crippen LogP contribution in [0.25, 0.3) is 0 Å². The summed E-state index contributed by atoms with van der Waals surface area (Å²) in [5.74, 6) is -0.189. The van der Waals surface area contributed by atoms with Gasteiger partial charge in [-0.2, -0.15) is 0 Å². The highest BCUT2D eigenvalue weighted by molar-refractivity contribution is 5.92. The number of nitrogens with one attached hydrogen (secondary N) is 1. The van der Waals surface area contributed by atoms with Crippen molar-refractivity contribution >= 4 is 5.91 Å². The molecule has 1 aromatic rings. The highest BCUT2D eigenvalue weighted by atomic mass is 16.5. The van der Waals surface area contributed by atoms with Gasteiger partial charge in [0.25, 0.3) is 5.91 Å². The average Bonchev–Trinajstić information content (AvgIpc) is 2.57. The Hall–Kier alpha value is -1.33. The van der Waals surface area contributed by atoms with Crippen molar-refractivity contribution in [3.05, 3.63) is 23.5 Å². The maximum Gasteiger partial charge on any atom is 0.267 e. The number of hydrogen-bond donors (Lipinski definition) is 2. The molecule has 1 unspecified atom stereocenters. The molecule has 0 aliphatic carbocycles. The molecule has 0 aliphatic rings. The lowest BCUT2D eigenvalue weighted by Gasteiger charge is -2.11. The van der Waals surface area contributed by atoms with Gasteiger partial charge in [-0.15, -0.1) is 0 Å². The molecule has 0 radical (unpaired) electrons. The third-order valence-electron chi connectivity index (χ3n) is 2.46. The number of aromatic nitrogens is 1. The van der Waals surface area contributed by atoms with Crippen LogP contribution in [0.3, 0.4) is 0 Å². The number of aliphatic hydroxyl groups excluding tert-OH is 1. The molecule has 0 fully saturated rings. The SMILES string of the molecule is COCC(O)CNC(=O)c1ccc(C)n1C. The first kappa shape index (κ1) is 12.7. The molecule has 1 atom stereocenters. The minimum absolute atomic E-state index is 0.189. The van der Waals surface area contributed by atoms with E-state index >= 15 is 0 Å². The predicted octanol–water partition coefficient (Wildman–Crippen LogP) is 0.0706. The molecule has 0 aliphatic heterocycles. The lowest BCUT2D eigenvalue weighted by atomic mass is 10.3. The topological polar surface area (TPSA) is 63.5 Å². The van der Waals surface area contributed by atoms with E-state index in [9.17, 15) is 9.90 Å². The van der Waals surface area contributed by atoms with Gasteiger partial charge in [0.15, 0.2) is 0 Å². The maximum absolute atomic E-state index is 11.7. The van der Waals surface area contributed by atoms with Crippen LogP contribution < -0.4 is 5.32 Å². The maximum atomic E-state index is 11.7. The molecule has 5 nitrogen and oxygen atoms in total. The molecule has 90 valence electrons. The summed E-state index contributed by atoms with van der Waals surface area (Å²) in [6, 6.07) is 3.63. The first-order valence-corrected chi connectivity index (χ1v) is 5.13. The Morgan fingerprint density at radius 1 is 1.62 bits per heavy atom. The number of methoxy groups -OCH3 is 1. The van der Waals surface area contributed by atoms with E-state index in [2.05, 4.69) is 5.32 Å². The third-order valence-corrected chi connectivity index (χ3v) is 2.46. The van der Waals surface area contributed by atoms with Crippen LogP contribution in [0, 0.1) is 6.92 Å². The Morgan fingerprint density at radius 3 is 2.81 bits per heavy atom. The second kappa shape index (κ2) is 5.67. The van der Waals surface area contributed by atoms with Crippen molar-refractivity contribution in [3.8, 4) is 0 Å². The lowest BCUT2D eigenvalue weighted by Crippen LogP contribution is -2.35. The molecular formula is C11H18N2O3. The molecule has 1 amide bonds. The van der Waals surface area contributed by atoms with Gasteiger partial charge in [-0.25, -0.2) is 0 Å². The minimum Gasteiger partial charge on any atom is -0.389 e. The normalized spacial score (nSPS) is 12.5. The van der Waals surface area contributed by atoms with Crippen LogP contribution in [-0.2, 0) is 11.8 Å². The Labute approximate surface area is 95.0 Å². The second-order valence-electron chi connectivity index (χ2n) is 3.74. The number of carbonyl (C=O) groups excluding carboxylic acids is 1. The van der Waals surface area contributed by atoms with Gasteiger partial charge in [0.1, 0.15) is 5.69 Å². The summed E-state index contributed by atoms with van der Waals surface area (Å²) >= 11 is 0. The standard InChI is InChI=1S/C11H18N2O3/c1-8-4-5-10(13(8)2)11(15)12-6-9(14)7-16-3/h4-5,9,14H,6-7H2,1-3H3,(H,12,15). The van der Waals surface area contributed by atoms with Crippen LogP contribution >= 0.6 is 0 Å². The van der Waals surface area contributed by atoms with Crippen molar-refractivity contribution in [2.45, 2.75) is 13.0 Å². The number of carbonyl (C=O) groups is 1. The van der Waals surface area contributed by atoms with E-state index < -0.39 is 6.10 Å². The molecule has 0 saturated heterocycles. The molecule has 0 bridgehead atoms. The lowest BCUT2D eigenvalue weighted by molar-refractivity contribution is 0.0608. The Kier molecular flexibility index (Phi) is 4.52.